The van der Waals surface area contributed by atoms with Crippen molar-refractivity contribution in [1.29, 1.82) is 0 Å². The molecule has 9 heteroatoms. The van der Waals surface area contributed by atoms with Crippen LogP contribution in [-0.2, 0) is 19.0 Å². The Morgan fingerprint density at radius 1 is 1.03 bits per heavy atom. The Labute approximate surface area is 185 Å². The molecule has 0 aliphatic carbocycles. The molecular formula is C23H21N3O5S. The number of aromatic nitrogens is 3. The predicted molar refractivity (Wildman–Crippen MR) is 117 cm³/mol. The molecular weight excluding hydrogens is 430 g/mol. The molecule has 0 saturated carbocycles. The summed E-state index contributed by atoms with van der Waals surface area (Å²) in [5, 5.41) is 4.21. The molecule has 0 atom stereocenters. The van der Waals surface area contributed by atoms with Gasteiger partial charge in [-0.3, -0.25) is 4.18 Å². The van der Waals surface area contributed by atoms with Gasteiger partial charge in [0.1, 0.15) is 12.4 Å². The Morgan fingerprint density at radius 2 is 1.78 bits per heavy atom. The number of ether oxygens (including phenoxy) is 2. The van der Waals surface area contributed by atoms with Crippen LogP contribution in [0.15, 0.2) is 78.1 Å². The summed E-state index contributed by atoms with van der Waals surface area (Å²) in [6, 6.07) is 15.9. The Morgan fingerprint density at radius 3 is 2.47 bits per heavy atom. The van der Waals surface area contributed by atoms with Crippen molar-refractivity contribution in [2.24, 2.45) is 0 Å². The molecule has 0 unspecified atom stereocenters. The molecule has 1 saturated heterocycles. The minimum atomic E-state index is -3.89. The number of benzene rings is 2. The van der Waals surface area contributed by atoms with Crippen molar-refractivity contribution in [3.05, 3.63) is 78.8 Å². The lowest BCUT2D eigenvalue weighted by Crippen LogP contribution is -2.58. The molecule has 8 nitrogen and oxygen atoms in total. The summed E-state index contributed by atoms with van der Waals surface area (Å²) >= 11 is 0. The molecule has 164 valence electrons. The molecule has 1 aliphatic heterocycles. The molecule has 4 aromatic rings. The van der Waals surface area contributed by atoms with Crippen LogP contribution in [0.4, 0.5) is 0 Å². The lowest BCUT2D eigenvalue weighted by Gasteiger charge is -2.40. The van der Waals surface area contributed by atoms with Gasteiger partial charge >= 0.3 is 0 Å². The molecule has 32 heavy (non-hydrogen) atoms. The maximum Gasteiger partial charge on any atom is 0.297 e. The van der Waals surface area contributed by atoms with Gasteiger partial charge in [0.2, 0.25) is 0 Å². The summed E-state index contributed by atoms with van der Waals surface area (Å²) in [7, 11) is -3.89. The third kappa shape index (κ3) is 4.10. The van der Waals surface area contributed by atoms with E-state index < -0.39 is 15.7 Å². The van der Waals surface area contributed by atoms with E-state index in [-0.39, 0.29) is 24.7 Å². The lowest BCUT2D eigenvalue weighted by molar-refractivity contribution is -0.175. The average Bonchev–Trinajstić information content (AvgIpc) is 3.24. The summed E-state index contributed by atoms with van der Waals surface area (Å²) in [6.07, 6.45) is 5.39. The van der Waals surface area contributed by atoms with Crippen LogP contribution < -0.4 is 4.74 Å². The van der Waals surface area contributed by atoms with E-state index in [4.69, 9.17) is 13.7 Å². The minimum absolute atomic E-state index is 0.116. The second-order valence-corrected chi connectivity index (χ2v) is 9.42. The van der Waals surface area contributed by atoms with Crippen LogP contribution in [0.3, 0.4) is 0 Å². The van der Waals surface area contributed by atoms with E-state index in [0.717, 1.165) is 22.3 Å². The van der Waals surface area contributed by atoms with E-state index in [2.05, 4.69) is 10.1 Å². The first-order valence-electron chi connectivity index (χ1n) is 10.1. The quantitative estimate of drug-likeness (QED) is 0.398. The van der Waals surface area contributed by atoms with E-state index in [0.29, 0.717) is 5.75 Å². The highest BCUT2D eigenvalue weighted by molar-refractivity contribution is 7.86. The Kier molecular flexibility index (Phi) is 5.16. The maximum absolute atomic E-state index is 12.5. The SMILES string of the molecule is Cc1ccc(S(=O)(=O)OCC2(Oc3ccc(-c4cnc5ccnn5c4)cc3)COC2)cc1. The first kappa shape index (κ1) is 20.6. The van der Waals surface area contributed by atoms with Crippen molar-refractivity contribution < 1.29 is 22.1 Å². The van der Waals surface area contributed by atoms with Gasteiger partial charge in [-0.15, -0.1) is 0 Å². The maximum atomic E-state index is 12.5. The standard InChI is InChI=1S/C23H21N3O5S/c1-17-2-8-21(9-3-17)32(27,28)30-16-23(14-29-15-23)31-20-6-4-18(5-7-20)19-12-24-22-10-11-25-26(22)13-19/h2-13H,14-16H2,1H3. The van der Waals surface area contributed by atoms with Crippen molar-refractivity contribution in [1.82, 2.24) is 14.6 Å². The van der Waals surface area contributed by atoms with Crippen molar-refractivity contribution in [3.8, 4) is 16.9 Å². The highest BCUT2D eigenvalue weighted by Gasteiger charge is 2.43. The van der Waals surface area contributed by atoms with Gasteiger partial charge < -0.3 is 9.47 Å². The Bertz CT molecular complexity index is 1340. The largest absolute Gasteiger partial charge is 0.480 e. The van der Waals surface area contributed by atoms with E-state index in [1.165, 1.54) is 12.1 Å². The summed E-state index contributed by atoms with van der Waals surface area (Å²) in [5.74, 6) is 0.599. The number of nitrogens with zero attached hydrogens (tertiary/aromatic N) is 3. The molecule has 0 spiro atoms. The number of hydrogen-bond acceptors (Lipinski definition) is 7. The van der Waals surface area contributed by atoms with Gasteiger partial charge in [-0.25, -0.2) is 9.50 Å². The smallest absolute Gasteiger partial charge is 0.297 e. The molecule has 0 amide bonds. The highest BCUT2D eigenvalue weighted by Crippen LogP contribution is 2.29. The topological polar surface area (TPSA) is 92.0 Å². The van der Waals surface area contributed by atoms with E-state index in [1.807, 2.05) is 43.5 Å². The predicted octanol–water partition coefficient (Wildman–Crippen LogP) is 3.26. The molecule has 1 fully saturated rings. The first-order chi connectivity index (χ1) is 15.4. The molecule has 2 aromatic heterocycles. The van der Waals surface area contributed by atoms with Crippen LogP contribution in [0, 0.1) is 6.92 Å². The van der Waals surface area contributed by atoms with Crippen molar-refractivity contribution in [2.75, 3.05) is 19.8 Å². The molecule has 0 N–H and O–H groups in total. The summed E-state index contributed by atoms with van der Waals surface area (Å²) in [6.45, 7) is 2.25. The van der Waals surface area contributed by atoms with Crippen LogP contribution in [0.5, 0.6) is 5.75 Å². The lowest BCUT2D eigenvalue weighted by atomic mass is 10.0. The summed E-state index contributed by atoms with van der Waals surface area (Å²) in [5.41, 5.74) is 2.77. The van der Waals surface area contributed by atoms with Gasteiger partial charge in [0.05, 0.1) is 24.3 Å². The number of aryl methyl sites for hydroxylation is 1. The molecule has 0 bridgehead atoms. The van der Waals surface area contributed by atoms with Crippen LogP contribution in [-0.4, -0.2) is 48.4 Å². The average molecular weight is 452 g/mol. The van der Waals surface area contributed by atoms with Gasteiger partial charge in [-0.05, 0) is 36.8 Å². The van der Waals surface area contributed by atoms with E-state index >= 15 is 0 Å². The molecule has 1 aliphatic rings. The zero-order chi connectivity index (χ0) is 22.2. The highest BCUT2D eigenvalue weighted by atomic mass is 32.2. The monoisotopic (exact) mass is 451 g/mol. The summed E-state index contributed by atoms with van der Waals surface area (Å²) < 4.78 is 43.5. The van der Waals surface area contributed by atoms with Crippen LogP contribution >= 0.6 is 0 Å². The van der Waals surface area contributed by atoms with Gasteiger partial charge in [0, 0.05) is 24.0 Å². The Balaban J connectivity index is 1.28. The molecule has 3 heterocycles. The van der Waals surface area contributed by atoms with Crippen molar-refractivity contribution in [2.45, 2.75) is 17.4 Å². The second kappa shape index (κ2) is 8.01. The zero-order valence-electron chi connectivity index (χ0n) is 17.3. The normalized spacial score (nSPS) is 15.4. The fourth-order valence-electron chi connectivity index (χ4n) is 3.38. The number of fused-ring (bicyclic) bond motifs is 1. The van der Waals surface area contributed by atoms with Gasteiger partial charge in [-0.1, -0.05) is 29.8 Å². The third-order valence-corrected chi connectivity index (χ3v) is 6.56. The third-order valence-electron chi connectivity index (χ3n) is 5.29. The van der Waals surface area contributed by atoms with Gasteiger partial charge in [-0.2, -0.15) is 13.5 Å². The van der Waals surface area contributed by atoms with Crippen LogP contribution in [0.1, 0.15) is 5.56 Å². The molecule has 0 radical (unpaired) electrons. The van der Waals surface area contributed by atoms with Crippen molar-refractivity contribution in [3.63, 3.8) is 0 Å². The number of rotatable bonds is 7. The summed E-state index contributed by atoms with van der Waals surface area (Å²) in [4.78, 5) is 4.49. The fourth-order valence-corrected chi connectivity index (χ4v) is 4.36. The molecule has 2 aromatic carbocycles. The van der Waals surface area contributed by atoms with Crippen LogP contribution in [0.2, 0.25) is 0 Å². The Hall–Kier alpha value is -3.27. The van der Waals surface area contributed by atoms with E-state index in [1.54, 1.807) is 29.0 Å². The van der Waals surface area contributed by atoms with Gasteiger partial charge in [0.15, 0.2) is 11.2 Å². The minimum Gasteiger partial charge on any atom is -0.480 e. The zero-order valence-corrected chi connectivity index (χ0v) is 18.2. The second-order valence-electron chi connectivity index (χ2n) is 7.81. The van der Waals surface area contributed by atoms with E-state index in [9.17, 15) is 8.42 Å². The van der Waals surface area contributed by atoms with Gasteiger partial charge in [0.25, 0.3) is 10.1 Å². The van der Waals surface area contributed by atoms with Crippen molar-refractivity contribution >= 4 is 15.8 Å². The first-order valence-corrected chi connectivity index (χ1v) is 11.5. The van der Waals surface area contributed by atoms with Crippen LogP contribution in [0.25, 0.3) is 16.8 Å². The fraction of sp³-hybridized carbons (Fsp3) is 0.217. The number of hydrogen-bond donors (Lipinski definition) is 0. The molecule has 5 rings (SSSR count).